The molecule has 0 bridgehead atoms. The van der Waals surface area contributed by atoms with Gasteiger partial charge in [-0.3, -0.25) is 4.79 Å². The van der Waals surface area contributed by atoms with Crippen molar-refractivity contribution in [2.24, 2.45) is 34.5 Å². The number of Topliss-reactive ketones (excluding diaryl/α,β-unsaturated/α-hetero) is 1. The molecule has 0 aliphatic heterocycles. The normalized spacial score (nSPS) is 58.5. The van der Waals surface area contributed by atoms with Gasteiger partial charge in [0.2, 0.25) is 0 Å². The molecule has 0 heterocycles. The van der Waals surface area contributed by atoms with Crippen LogP contribution in [-0.2, 0) is 4.79 Å². The molecule has 0 aromatic heterocycles. The van der Waals surface area contributed by atoms with E-state index in [1.165, 1.54) is 0 Å². The maximum absolute atomic E-state index is 12.7. The Kier molecular flexibility index (Phi) is 3.65. The Morgan fingerprint density at radius 1 is 1.17 bits per heavy atom. The Bertz CT molecular complexity index is 561. The van der Waals surface area contributed by atoms with Gasteiger partial charge in [-0.05, 0) is 61.2 Å². The van der Waals surface area contributed by atoms with Gasteiger partial charge in [0.05, 0.1) is 17.0 Å². The van der Waals surface area contributed by atoms with E-state index in [1.807, 2.05) is 6.08 Å². The van der Waals surface area contributed by atoms with E-state index in [0.29, 0.717) is 17.6 Å². The standard InChI is InChI=1S/C19H27BrO3/c1-18-5-3-11(21)7-10(18)8-15(22)16-12(18)4-6-19(2)13(16)9-14(20)17(19)23/h3,5,10-16,21-22H,4,6-9H2,1-2H3/t10-,11+,12+,13+,14+,15+,16-,18+,19+/m1/s1. The van der Waals surface area contributed by atoms with Crippen molar-refractivity contribution in [3.8, 4) is 0 Å². The minimum absolute atomic E-state index is 0.0438. The summed E-state index contributed by atoms with van der Waals surface area (Å²) in [5, 5.41) is 20.9. The van der Waals surface area contributed by atoms with Gasteiger partial charge in [-0.15, -0.1) is 0 Å². The molecule has 0 radical (unpaired) electrons. The van der Waals surface area contributed by atoms with Crippen molar-refractivity contribution in [3.63, 3.8) is 0 Å². The lowest BCUT2D eigenvalue weighted by Gasteiger charge is -2.59. The molecule has 0 aromatic carbocycles. The van der Waals surface area contributed by atoms with Crippen molar-refractivity contribution in [3.05, 3.63) is 12.2 Å². The van der Waals surface area contributed by atoms with Crippen LogP contribution in [-0.4, -0.2) is 33.0 Å². The molecule has 2 N–H and O–H groups in total. The number of aliphatic hydroxyl groups excluding tert-OH is 2. The Labute approximate surface area is 146 Å². The van der Waals surface area contributed by atoms with E-state index in [9.17, 15) is 15.0 Å². The first kappa shape index (κ1) is 16.3. The molecule has 4 rings (SSSR count). The number of ketones is 1. The fraction of sp³-hybridized carbons (Fsp3) is 0.842. The van der Waals surface area contributed by atoms with E-state index in [1.54, 1.807) is 0 Å². The highest BCUT2D eigenvalue weighted by molar-refractivity contribution is 9.10. The first-order valence-electron chi connectivity index (χ1n) is 9.01. The number of halogens is 1. The first-order valence-corrected chi connectivity index (χ1v) is 9.93. The van der Waals surface area contributed by atoms with Crippen molar-refractivity contribution in [2.45, 2.75) is 63.0 Å². The number of hydrogen-bond acceptors (Lipinski definition) is 3. The molecule has 4 aliphatic carbocycles. The molecular formula is C19H27BrO3. The van der Waals surface area contributed by atoms with Crippen LogP contribution in [0.25, 0.3) is 0 Å². The van der Waals surface area contributed by atoms with E-state index >= 15 is 0 Å². The molecule has 0 unspecified atom stereocenters. The lowest BCUT2D eigenvalue weighted by Crippen LogP contribution is -2.57. The predicted octanol–water partition coefficient (Wildman–Crippen LogP) is 3.08. The number of fused-ring (bicyclic) bond motifs is 5. The van der Waals surface area contributed by atoms with Gasteiger partial charge >= 0.3 is 0 Å². The van der Waals surface area contributed by atoms with Crippen LogP contribution in [0.4, 0.5) is 0 Å². The van der Waals surface area contributed by atoms with Crippen molar-refractivity contribution in [1.29, 1.82) is 0 Å². The van der Waals surface area contributed by atoms with Crippen LogP contribution in [0.3, 0.4) is 0 Å². The number of carbonyl (C=O) groups excluding carboxylic acids is 1. The third kappa shape index (κ3) is 2.10. The zero-order valence-corrected chi connectivity index (χ0v) is 15.5. The largest absolute Gasteiger partial charge is 0.393 e. The van der Waals surface area contributed by atoms with Crippen molar-refractivity contribution in [2.75, 3.05) is 0 Å². The maximum atomic E-state index is 12.7. The number of allylic oxidation sites excluding steroid dienone is 1. The molecule has 3 saturated carbocycles. The maximum Gasteiger partial charge on any atom is 0.152 e. The molecule has 0 saturated heterocycles. The summed E-state index contributed by atoms with van der Waals surface area (Å²) in [6.45, 7) is 4.44. The van der Waals surface area contributed by atoms with E-state index in [0.717, 1.165) is 32.1 Å². The Morgan fingerprint density at radius 2 is 1.91 bits per heavy atom. The fourth-order valence-electron chi connectivity index (χ4n) is 6.51. The van der Waals surface area contributed by atoms with E-state index in [4.69, 9.17) is 0 Å². The topological polar surface area (TPSA) is 57.5 Å². The summed E-state index contributed by atoms with van der Waals surface area (Å²) in [6.07, 6.45) is 7.78. The summed E-state index contributed by atoms with van der Waals surface area (Å²) in [7, 11) is 0. The summed E-state index contributed by atoms with van der Waals surface area (Å²) in [6, 6.07) is 0. The number of rotatable bonds is 0. The van der Waals surface area contributed by atoms with Gasteiger partial charge < -0.3 is 10.2 Å². The van der Waals surface area contributed by atoms with Gasteiger partial charge in [0, 0.05) is 5.41 Å². The van der Waals surface area contributed by atoms with Crippen LogP contribution in [0.1, 0.15) is 46.0 Å². The second-order valence-electron chi connectivity index (χ2n) is 8.84. The lowest BCUT2D eigenvalue weighted by molar-refractivity contribution is -0.150. The molecule has 128 valence electrons. The number of alkyl halides is 1. The molecule has 9 atom stereocenters. The molecule has 0 spiro atoms. The Morgan fingerprint density at radius 3 is 2.65 bits per heavy atom. The first-order chi connectivity index (χ1) is 10.8. The van der Waals surface area contributed by atoms with Crippen molar-refractivity contribution < 1.29 is 15.0 Å². The molecule has 3 fully saturated rings. The van der Waals surface area contributed by atoms with Gasteiger partial charge in [-0.25, -0.2) is 0 Å². The second-order valence-corrected chi connectivity index (χ2v) is 9.95. The monoisotopic (exact) mass is 382 g/mol. The molecule has 0 amide bonds. The highest BCUT2D eigenvalue weighted by atomic mass is 79.9. The van der Waals surface area contributed by atoms with Gasteiger partial charge in [-0.1, -0.05) is 41.9 Å². The molecular weight excluding hydrogens is 356 g/mol. The highest BCUT2D eigenvalue weighted by Crippen LogP contribution is 2.64. The van der Waals surface area contributed by atoms with Gasteiger partial charge in [0.15, 0.2) is 5.78 Å². The minimum Gasteiger partial charge on any atom is -0.393 e. The van der Waals surface area contributed by atoms with E-state index in [-0.39, 0.29) is 39.7 Å². The summed E-state index contributed by atoms with van der Waals surface area (Å²) < 4.78 is 0. The van der Waals surface area contributed by atoms with E-state index < -0.39 is 0 Å². The molecule has 4 heteroatoms. The molecule has 4 aliphatic rings. The quantitative estimate of drug-likeness (QED) is 0.499. The van der Waals surface area contributed by atoms with Gasteiger partial charge in [-0.2, -0.15) is 0 Å². The van der Waals surface area contributed by atoms with Crippen LogP contribution in [0.15, 0.2) is 12.2 Å². The third-order valence-corrected chi connectivity index (χ3v) is 8.67. The van der Waals surface area contributed by atoms with Gasteiger partial charge in [0.1, 0.15) is 0 Å². The highest BCUT2D eigenvalue weighted by Gasteiger charge is 2.63. The Hall–Kier alpha value is -0.190. The average molecular weight is 383 g/mol. The minimum atomic E-state index is -0.370. The van der Waals surface area contributed by atoms with Crippen LogP contribution < -0.4 is 0 Å². The fourth-order valence-corrected chi connectivity index (χ4v) is 7.44. The second kappa shape index (κ2) is 5.15. The van der Waals surface area contributed by atoms with Crippen molar-refractivity contribution >= 4 is 21.7 Å². The summed E-state index contributed by atoms with van der Waals surface area (Å²) in [5.74, 6) is 1.60. The zero-order chi connectivity index (χ0) is 16.6. The summed E-state index contributed by atoms with van der Waals surface area (Å²) >= 11 is 3.58. The van der Waals surface area contributed by atoms with E-state index in [2.05, 4.69) is 35.9 Å². The van der Waals surface area contributed by atoms with Crippen molar-refractivity contribution in [1.82, 2.24) is 0 Å². The molecule has 3 nitrogen and oxygen atoms in total. The lowest BCUT2D eigenvalue weighted by atomic mass is 9.45. The number of carbonyl (C=O) groups is 1. The SMILES string of the molecule is C[C@]12C=C[C@H](O)C[C@@H]1C[C@H](O)[C@@H]1[C@@H]2CC[C@]2(C)C(=O)[C@@H](Br)C[C@@H]12. The van der Waals surface area contributed by atoms with Crippen LogP contribution >= 0.6 is 15.9 Å². The number of aliphatic hydroxyl groups is 2. The van der Waals surface area contributed by atoms with Gasteiger partial charge in [0.25, 0.3) is 0 Å². The smallest absolute Gasteiger partial charge is 0.152 e. The molecule has 23 heavy (non-hydrogen) atoms. The summed E-state index contributed by atoms with van der Waals surface area (Å²) in [5.41, 5.74) is -0.213. The van der Waals surface area contributed by atoms with Crippen LogP contribution in [0.5, 0.6) is 0 Å². The summed E-state index contributed by atoms with van der Waals surface area (Å²) in [4.78, 5) is 12.6. The molecule has 0 aromatic rings. The third-order valence-electron chi connectivity index (χ3n) is 7.88. The average Bonchev–Trinajstić information content (AvgIpc) is 2.73. The predicted molar refractivity (Wildman–Crippen MR) is 92.1 cm³/mol. The zero-order valence-electron chi connectivity index (χ0n) is 13.9. The van der Waals surface area contributed by atoms with Crippen LogP contribution in [0, 0.1) is 34.5 Å². The van der Waals surface area contributed by atoms with Crippen LogP contribution in [0.2, 0.25) is 0 Å². The Balaban J connectivity index is 1.73. The number of hydrogen-bond donors (Lipinski definition) is 2.